The first-order valence-electron chi connectivity index (χ1n) is 11.1. The van der Waals surface area contributed by atoms with E-state index in [-0.39, 0.29) is 39.6 Å². The lowest BCUT2D eigenvalue weighted by molar-refractivity contribution is -0.149. The molecule has 1 aromatic carbocycles. The number of carbonyl (C=O) groups is 2. The average molecular weight is 500 g/mol. The zero-order valence-electron chi connectivity index (χ0n) is 17.6. The van der Waals surface area contributed by atoms with Gasteiger partial charge in [0.25, 0.3) is 0 Å². The fourth-order valence-electron chi connectivity index (χ4n) is 6.76. The Bertz CT molecular complexity index is 1070. The average Bonchev–Trinajstić information content (AvgIpc) is 2.66. The van der Waals surface area contributed by atoms with Crippen molar-refractivity contribution in [1.82, 2.24) is 10.0 Å². The van der Waals surface area contributed by atoms with E-state index >= 15 is 0 Å². The summed E-state index contributed by atoms with van der Waals surface area (Å²) in [6, 6.07) is 4.12. The van der Waals surface area contributed by atoms with E-state index in [0.29, 0.717) is 36.6 Å². The van der Waals surface area contributed by atoms with Crippen LogP contribution >= 0.6 is 23.2 Å². The molecule has 5 aliphatic carbocycles. The molecule has 0 heterocycles. The number of hydrogen-bond donors (Lipinski definition) is 3. The maximum absolute atomic E-state index is 13.4. The van der Waals surface area contributed by atoms with Crippen LogP contribution in [0.1, 0.15) is 51.4 Å². The molecule has 0 aromatic heterocycles. The van der Waals surface area contributed by atoms with E-state index < -0.39 is 21.0 Å². The third kappa shape index (κ3) is 3.54. The van der Waals surface area contributed by atoms with Crippen LogP contribution in [0.25, 0.3) is 0 Å². The zero-order chi connectivity index (χ0) is 22.9. The molecule has 5 saturated carbocycles. The molecule has 4 bridgehead atoms. The van der Waals surface area contributed by atoms with E-state index in [1.807, 2.05) is 0 Å². The number of halogens is 2. The maximum atomic E-state index is 13.4. The largest absolute Gasteiger partial charge is 0.369 e. The number of primary amides is 1. The Kier molecular flexibility index (Phi) is 5.32. The highest BCUT2D eigenvalue weighted by atomic mass is 35.5. The van der Waals surface area contributed by atoms with Crippen molar-refractivity contribution in [1.29, 1.82) is 0 Å². The predicted molar refractivity (Wildman–Crippen MR) is 120 cm³/mol. The topological polar surface area (TPSA) is 118 Å². The van der Waals surface area contributed by atoms with Gasteiger partial charge in [-0.15, -0.1) is 0 Å². The molecule has 0 aliphatic heterocycles. The lowest BCUT2D eigenvalue weighted by Crippen LogP contribution is -2.68. The number of nitrogens with one attached hydrogen (secondary N) is 2. The number of hydrogen-bond acceptors (Lipinski definition) is 4. The lowest BCUT2D eigenvalue weighted by atomic mass is 9.47. The van der Waals surface area contributed by atoms with Crippen LogP contribution in [0.15, 0.2) is 23.1 Å². The lowest BCUT2D eigenvalue weighted by Gasteiger charge is -2.59. The number of carbonyl (C=O) groups excluding carboxylic acids is 2. The molecule has 10 heteroatoms. The van der Waals surface area contributed by atoms with Gasteiger partial charge in [0.15, 0.2) is 0 Å². The van der Waals surface area contributed by atoms with E-state index in [4.69, 9.17) is 28.9 Å². The molecule has 1 aromatic rings. The highest BCUT2D eigenvalue weighted by Gasteiger charge is 2.59. The smallest absolute Gasteiger partial charge is 0.243 e. The monoisotopic (exact) mass is 499 g/mol. The molecule has 6 rings (SSSR count). The number of benzene rings is 1. The summed E-state index contributed by atoms with van der Waals surface area (Å²) in [5, 5.41) is 3.53. The van der Waals surface area contributed by atoms with Crippen LogP contribution in [0, 0.1) is 23.2 Å². The Balaban J connectivity index is 1.34. The molecular formula is C22H27Cl2N3O4S. The summed E-state index contributed by atoms with van der Waals surface area (Å²) < 4.78 is 28.8. The molecule has 7 nitrogen and oxygen atoms in total. The number of amides is 2. The molecule has 174 valence electrons. The highest BCUT2D eigenvalue weighted by Crippen LogP contribution is 2.60. The van der Waals surface area contributed by atoms with Gasteiger partial charge in [-0.25, -0.2) is 8.42 Å². The molecule has 2 amide bonds. The number of nitrogens with two attached hydrogens (primary N) is 1. The standard InChI is InChI=1S/C22H27Cl2N3O4S/c23-15-2-3-17(16(24)8-15)32(30,31)27-22(4-1-5-22)20(29)26-18-13-6-12-7-14(18)11-21(9-12,10-13)19(25)28/h2-3,8,12-14,18,27H,1,4-7,9-11H2,(H2,25,28)(H,26,29). The summed E-state index contributed by atoms with van der Waals surface area (Å²) >= 11 is 12.0. The van der Waals surface area contributed by atoms with Crippen LogP contribution in [0.4, 0.5) is 0 Å². The van der Waals surface area contributed by atoms with Gasteiger partial charge in [-0.2, -0.15) is 4.72 Å². The minimum Gasteiger partial charge on any atom is -0.369 e. The molecule has 0 spiro atoms. The van der Waals surface area contributed by atoms with Gasteiger partial charge in [0, 0.05) is 16.5 Å². The minimum absolute atomic E-state index is 0.0117. The Hall–Kier alpha value is -1.35. The molecule has 4 N–H and O–H groups in total. The van der Waals surface area contributed by atoms with Gasteiger partial charge in [-0.1, -0.05) is 23.2 Å². The second kappa shape index (κ2) is 7.58. The summed E-state index contributed by atoms with van der Waals surface area (Å²) in [6.45, 7) is 0. The summed E-state index contributed by atoms with van der Waals surface area (Å²) in [5.41, 5.74) is 4.15. The summed E-state index contributed by atoms with van der Waals surface area (Å²) in [4.78, 5) is 25.5. The molecule has 0 saturated heterocycles. The summed E-state index contributed by atoms with van der Waals surface area (Å²) in [7, 11) is -4.02. The van der Waals surface area contributed by atoms with Crippen molar-refractivity contribution in [3.05, 3.63) is 28.2 Å². The van der Waals surface area contributed by atoms with Gasteiger partial charge in [0.05, 0.1) is 5.02 Å². The predicted octanol–water partition coefficient (Wildman–Crippen LogP) is 2.99. The Labute approximate surface area is 197 Å². The van der Waals surface area contributed by atoms with Crippen LogP contribution in [0.3, 0.4) is 0 Å². The van der Waals surface area contributed by atoms with Gasteiger partial charge in [-0.05, 0) is 87.3 Å². The van der Waals surface area contributed by atoms with Gasteiger partial charge < -0.3 is 11.1 Å². The van der Waals surface area contributed by atoms with E-state index in [9.17, 15) is 18.0 Å². The third-order valence-electron chi connectivity index (χ3n) is 8.25. The van der Waals surface area contributed by atoms with E-state index in [1.165, 1.54) is 18.2 Å². The number of rotatable bonds is 6. The van der Waals surface area contributed by atoms with Crippen molar-refractivity contribution >= 4 is 45.0 Å². The summed E-state index contributed by atoms with van der Waals surface area (Å²) in [5.74, 6) is 0.387. The fourth-order valence-corrected chi connectivity index (χ4v) is 8.96. The number of sulfonamides is 1. The van der Waals surface area contributed by atoms with E-state index in [0.717, 1.165) is 25.7 Å². The van der Waals surface area contributed by atoms with Crippen LogP contribution in [0.5, 0.6) is 0 Å². The second-order valence-electron chi connectivity index (χ2n) is 10.2. The van der Waals surface area contributed by atoms with E-state index in [2.05, 4.69) is 10.0 Å². The first-order chi connectivity index (χ1) is 15.0. The Morgan fingerprint density at radius 1 is 1.06 bits per heavy atom. The molecular weight excluding hydrogens is 473 g/mol. The normalized spacial score (nSPS) is 34.7. The quantitative estimate of drug-likeness (QED) is 0.557. The molecule has 5 aliphatic rings. The third-order valence-corrected chi connectivity index (χ3v) is 10.5. The molecule has 2 atom stereocenters. The Morgan fingerprint density at radius 3 is 2.25 bits per heavy atom. The molecule has 0 radical (unpaired) electrons. The fraction of sp³-hybridized carbons (Fsp3) is 0.636. The van der Waals surface area contributed by atoms with Crippen molar-refractivity contribution < 1.29 is 18.0 Å². The van der Waals surface area contributed by atoms with Gasteiger partial charge in [0.1, 0.15) is 10.4 Å². The zero-order valence-corrected chi connectivity index (χ0v) is 19.9. The summed E-state index contributed by atoms with van der Waals surface area (Å²) in [6.07, 6.45) is 5.86. The highest BCUT2D eigenvalue weighted by molar-refractivity contribution is 7.89. The van der Waals surface area contributed by atoms with Crippen LogP contribution < -0.4 is 15.8 Å². The van der Waals surface area contributed by atoms with Crippen LogP contribution in [0.2, 0.25) is 10.0 Å². The van der Waals surface area contributed by atoms with Crippen LogP contribution in [-0.4, -0.2) is 31.8 Å². The molecule has 2 unspecified atom stereocenters. The van der Waals surface area contributed by atoms with Crippen molar-refractivity contribution in [2.75, 3.05) is 0 Å². The Morgan fingerprint density at radius 2 is 1.72 bits per heavy atom. The second-order valence-corrected chi connectivity index (χ2v) is 12.7. The minimum atomic E-state index is -4.02. The van der Waals surface area contributed by atoms with Crippen molar-refractivity contribution in [3.63, 3.8) is 0 Å². The first-order valence-corrected chi connectivity index (χ1v) is 13.4. The molecule has 5 fully saturated rings. The van der Waals surface area contributed by atoms with Crippen LogP contribution in [-0.2, 0) is 19.6 Å². The SMILES string of the molecule is NC(=O)C12CC3CC(C1)C(NC(=O)C1(NS(=O)(=O)c4ccc(Cl)cc4Cl)CCC1)C(C3)C2. The van der Waals surface area contributed by atoms with Crippen molar-refractivity contribution in [2.24, 2.45) is 28.9 Å². The first kappa shape index (κ1) is 22.4. The van der Waals surface area contributed by atoms with Gasteiger partial charge in [-0.3, -0.25) is 9.59 Å². The van der Waals surface area contributed by atoms with Gasteiger partial charge in [0.2, 0.25) is 21.8 Å². The van der Waals surface area contributed by atoms with E-state index in [1.54, 1.807) is 0 Å². The van der Waals surface area contributed by atoms with Gasteiger partial charge >= 0.3 is 0 Å². The van der Waals surface area contributed by atoms with Crippen molar-refractivity contribution in [3.8, 4) is 0 Å². The maximum Gasteiger partial charge on any atom is 0.243 e. The van der Waals surface area contributed by atoms with Crippen molar-refractivity contribution in [2.45, 2.75) is 67.8 Å². The molecule has 32 heavy (non-hydrogen) atoms.